The smallest absolute Gasteiger partial charge is 0.225 e. The Labute approximate surface area is 153 Å². The van der Waals surface area contributed by atoms with E-state index < -0.39 is 0 Å². The Kier molecular flexibility index (Phi) is 3.94. The Morgan fingerprint density at radius 3 is 2.96 bits per heavy atom. The lowest BCUT2D eigenvalue weighted by Crippen LogP contribution is -2.40. The zero-order valence-corrected chi connectivity index (χ0v) is 15.3. The number of rotatable bonds is 3. The zero-order chi connectivity index (χ0) is 17.7. The van der Waals surface area contributed by atoms with Gasteiger partial charge in [0.15, 0.2) is 0 Å². The Bertz CT molecular complexity index is 805. The van der Waals surface area contributed by atoms with E-state index in [1.54, 1.807) is 0 Å². The summed E-state index contributed by atoms with van der Waals surface area (Å²) < 4.78 is 1.87. The van der Waals surface area contributed by atoms with Gasteiger partial charge in [-0.05, 0) is 25.7 Å². The van der Waals surface area contributed by atoms with Crippen molar-refractivity contribution in [3.63, 3.8) is 0 Å². The highest BCUT2D eigenvalue weighted by molar-refractivity contribution is 5.38. The highest BCUT2D eigenvalue weighted by Gasteiger charge is 2.41. The van der Waals surface area contributed by atoms with Crippen molar-refractivity contribution in [1.29, 1.82) is 0 Å². The molecule has 3 aliphatic heterocycles. The van der Waals surface area contributed by atoms with Crippen LogP contribution in [0.25, 0.3) is 0 Å². The standard InChI is InChI=1S/C19H26N6O/c1-23-10-13(8-21-23)11-25-14-4-5-18(25)16-9-20-19(22-17(16)7-14)24-6-2-3-15(26)12-24/h8-10,14-15,18,26H,2-7,11-12H2,1H3. The number of anilines is 1. The van der Waals surface area contributed by atoms with Gasteiger partial charge < -0.3 is 10.0 Å². The topological polar surface area (TPSA) is 70.3 Å². The van der Waals surface area contributed by atoms with E-state index >= 15 is 0 Å². The first kappa shape index (κ1) is 16.2. The molecule has 0 aliphatic carbocycles. The Morgan fingerprint density at radius 1 is 1.23 bits per heavy atom. The number of hydrogen-bond acceptors (Lipinski definition) is 6. The summed E-state index contributed by atoms with van der Waals surface area (Å²) in [5.74, 6) is 0.794. The average molecular weight is 354 g/mol. The van der Waals surface area contributed by atoms with E-state index in [2.05, 4.69) is 26.1 Å². The van der Waals surface area contributed by atoms with E-state index in [4.69, 9.17) is 4.98 Å². The predicted octanol–water partition coefficient (Wildman–Crippen LogP) is 1.43. The molecule has 0 saturated carbocycles. The fraction of sp³-hybridized carbons (Fsp3) is 0.632. The Morgan fingerprint density at radius 2 is 2.15 bits per heavy atom. The second-order valence-electron chi connectivity index (χ2n) is 7.96. The van der Waals surface area contributed by atoms with E-state index in [1.807, 2.05) is 24.1 Å². The highest BCUT2D eigenvalue weighted by atomic mass is 16.3. The zero-order valence-electron chi connectivity index (χ0n) is 15.3. The number of nitrogens with zero attached hydrogens (tertiary/aromatic N) is 6. The molecule has 2 fully saturated rings. The molecule has 2 saturated heterocycles. The molecule has 3 atom stereocenters. The normalized spacial score (nSPS) is 28.4. The van der Waals surface area contributed by atoms with Crippen molar-refractivity contribution < 1.29 is 5.11 Å². The van der Waals surface area contributed by atoms with Crippen LogP contribution in [-0.2, 0) is 20.0 Å². The van der Waals surface area contributed by atoms with Crippen molar-refractivity contribution in [3.05, 3.63) is 35.4 Å². The Hall–Kier alpha value is -1.99. The molecule has 2 aromatic heterocycles. The number of aromatic nitrogens is 4. The molecule has 3 unspecified atom stereocenters. The molecular weight excluding hydrogens is 328 g/mol. The molecule has 2 aromatic rings. The number of piperidine rings is 1. The number of fused-ring (bicyclic) bond motifs is 4. The predicted molar refractivity (Wildman–Crippen MR) is 97.7 cm³/mol. The van der Waals surface area contributed by atoms with Gasteiger partial charge in [0.25, 0.3) is 0 Å². The summed E-state index contributed by atoms with van der Waals surface area (Å²) >= 11 is 0. The van der Waals surface area contributed by atoms with Crippen LogP contribution in [0.5, 0.6) is 0 Å². The molecule has 0 radical (unpaired) electrons. The molecule has 7 nitrogen and oxygen atoms in total. The van der Waals surface area contributed by atoms with Crippen LogP contribution in [-0.4, -0.2) is 55.0 Å². The third-order valence-electron chi connectivity index (χ3n) is 6.12. The summed E-state index contributed by atoms with van der Waals surface area (Å²) in [5.41, 5.74) is 3.78. The van der Waals surface area contributed by atoms with Gasteiger partial charge in [0.2, 0.25) is 5.95 Å². The summed E-state index contributed by atoms with van der Waals surface area (Å²) in [6, 6.07) is 0.979. The molecule has 26 heavy (non-hydrogen) atoms. The van der Waals surface area contributed by atoms with Gasteiger partial charge in [0.1, 0.15) is 0 Å². The largest absolute Gasteiger partial charge is 0.391 e. The molecule has 7 heteroatoms. The van der Waals surface area contributed by atoms with Gasteiger partial charge in [-0.2, -0.15) is 5.10 Å². The maximum Gasteiger partial charge on any atom is 0.225 e. The summed E-state index contributed by atoms with van der Waals surface area (Å²) in [4.78, 5) is 14.3. The minimum absolute atomic E-state index is 0.255. The number of aryl methyl sites for hydroxylation is 1. The highest BCUT2D eigenvalue weighted by Crippen LogP contribution is 2.44. The molecule has 5 heterocycles. The maximum absolute atomic E-state index is 9.94. The first-order chi connectivity index (χ1) is 12.7. The fourth-order valence-electron chi connectivity index (χ4n) is 4.86. The van der Waals surface area contributed by atoms with Crippen molar-refractivity contribution in [3.8, 4) is 0 Å². The van der Waals surface area contributed by atoms with Crippen LogP contribution < -0.4 is 4.90 Å². The number of β-amino-alcohol motifs (C(OH)–C–C–N with tert-alkyl or cyclic N) is 1. The minimum Gasteiger partial charge on any atom is -0.391 e. The van der Waals surface area contributed by atoms with Gasteiger partial charge >= 0.3 is 0 Å². The van der Waals surface area contributed by atoms with E-state index in [-0.39, 0.29) is 6.10 Å². The van der Waals surface area contributed by atoms with E-state index in [9.17, 15) is 5.11 Å². The first-order valence-electron chi connectivity index (χ1n) is 9.69. The molecular formula is C19H26N6O. The van der Waals surface area contributed by atoms with Crippen LogP contribution in [0.2, 0.25) is 0 Å². The van der Waals surface area contributed by atoms with Gasteiger partial charge in [0.05, 0.1) is 18.0 Å². The van der Waals surface area contributed by atoms with Crippen molar-refractivity contribution in [1.82, 2.24) is 24.6 Å². The molecule has 3 aliphatic rings. The van der Waals surface area contributed by atoms with Crippen LogP contribution >= 0.6 is 0 Å². The van der Waals surface area contributed by atoms with Crippen molar-refractivity contribution >= 4 is 5.95 Å². The quantitative estimate of drug-likeness (QED) is 0.899. The van der Waals surface area contributed by atoms with E-state index in [0.29, 0.717) is 18.6 Å². The third-order valence-corrected chi connectivity index (χ3v) is 6.12. The molecule has 0 spiro atoms. The van der Waals surface area contributed by atoms with Gasteiger partial charge in [-0.25, -0.2) is 9.97 Å². The molecule has 138 valence electrons. The fourth-order valence-corrected chi connectivity index (χ4v) is 4.86. The van der Waals surface area contributed by atoms with Gasteiger partial charge in [-0.3, -0.25) is 9.58 Å². The van der Waals surface area contributed by atoms with Gasteiger partial charge in [0, 0.05) is 68.7 Å². The van der Waals surface area contributed by atoms with Crippen LogP contribution in [0.1, 0.15) is 48.5 Å². The lowest BCUT2D eigenvalue weighted by atomic mass is 9.99. The molecule has 0 aromatic carbocycles. The van der Waals surface area contributed by atoms with Gasteiger partial charge in [-0.15, -0.1) is 0 Å². The van der Waals surface area contributed by atoms with Crippen LogP contribution in [0.15, 0.2) is 18.6 Å². The molecule has 1 N–H and O–H groups in total. The summed E-state index contributed by atoms with van der Waals surface area (Å²) in [6.45, 7) is 2.54. The summed E-state index contributed by atoms with van der Waals surface area (Å²) in [6.07, 6.45) is 11.2. The number of aliphatic hydroxyl groups excluding tert-OH is 1. The third kappa shape index (κ3) is 2.79. The van der Waals surface area contributed by atoms with E-state index in [0.717, 1.165) is 38.3 Å². The molecule has 0 amide bonds. The summed E-state index contributed by atoms with van der Waals surface area (Å²) in [5, 5.41) is 14.2. The number of hydrogen-bond donors (Lipinski definition) is 1. The number of aliphatic hydroxyl groups is 1. The SMILES string of the molecule is Cn1cc(CN2C3CCC2c2cnc(N4CCCC(O)C4)nc2C3)cn1. The lowest BCUT2D eigenvalue weighted by Gasteiger charge is -2.36. The molecule has 2 bridgehead atoms. The van der Waals surface area contributed by atoms with Crippen LogP contribution in [0.3, 0.4) is 0 Å². The van der Waals surface area contributed by atoms with Crippen molar-refractivity contribution in [2.75, 3.05) is 18.0 Å². The summed E-state index contributed by atoms with van der Waals surface area (Å²) in [7, 11) is 1.97. The molecule has 5 rings (SSSR count). The van der Waals surface area contributed by atoms with Crippen LogP contribution in [0.4, 0.5) is 5.95 Å². The minimum atomic E-state index is -0.255. The monoisotopic (exact) mass is 354 g/mol. The first-order valence-corrected chi connectivity index (χ1v) is 9.69. The van der Waals surface area contributed by atoms with E-state index in [1.165, 1.54) is 29.7 Å². The maximum atomic E-state index is 9.94. The Balaban J connectivity index is 1.39. The average Bonchev–Trinajstić information content (AvgIpc) is 3.16. The van der Waals surface area contributed by atoms with Crippen molar-refractivity contribution in [2.24, 2.45) is 7.05 Å². The second-order valence-corrected chi connectivity index (χ2v) is 7.96. The second kappa shape index (κ2) is 6.32. The van der Waals surface area contributed by atoms with Gasteiger partial charge in [-0.1, -0.05) is 0 Å². The lowest BCUT2D eigenvalue weighted by molar-refractivity contribution is 0.153. The van der Waals surface area contributed by atoms with Crippen molar-refractivity contribution in [2.45, 2.75) is 56.8 Å². The van der Waals surface area contributed by atoms with Crippen LogP contribution in [0, 0.1) is 0 Å².